The van der Waals surface area contributed by atoms with Crippen LogP contribution in [-0.2, 0) is 8.85 Å². The van der Waals surface area contributed by atoms with Gasteiger partial charge in [-0.3, -0.25) is 0 Å². The van der Waals surface area contributed by atoms with Gasteiger partial charge in [0.05, 0.1) is 6.10 Å². The van der Waals surface area contributed by atoms with E-state index in [9.17, 15) is 0 Å². The lowest BCUT2D eigenvalue weighted by Crippen LogP contribution is -2.56. The van der Waals surface area contributed by atoms with E-state index < -0.39 is 16.6 Å². The van der Waals surface area contributed by atoms with Gasteiger partial charge >= 0.3 is 0 Å². The van der Waals surface area contributed by atoms with E-state index >= 15 is 0 Å². The molecule has 0 aromatic rings. The maximum absolute atomic E-state index is 7.55. The molecular formula is C37H72O2Si2. The molecule has 0 spiro atoms. The van der Waals surface area contributed by atoms with Crippen molar-refractivity contribution in [2.75, 3.05) is 0 Å². The minimum Gasteiger partial charge on any atom is -0.414 e. The van der Waals surface area contributed by atoms with Crippen LogP contribution in [0.15, 0.2) is 0 Å². The summed E-state index contributed by atoms with van der Waals surface area (Å²) in [5.41, 5.74) is 0.989. The standard InChI is InChI=1S/C37H72O2Si2/c1-9-23-40(24-10-2,25-11-3)38-31-19-21-36(7)30(29-31)15-16-32-33-17-18-35(37(33,8)22-20-34(32)36)39-41(26-12-4,27-13-5)28-14-6/h30-35H,9-29H2,1-8H3/t30-,31-,32+,33+,34+,35+,36+,37+/m1/s1. The predicted octanol–water partition coefficient (Wildman–Crippen LogP) is 12.2. The quantitative estimate of drug-likeness (QED) is 0.163. The van der Waals surface area contributed by atoms with Gasteiger partial charge in [-0.05, 0) is 129 Å². The minimum absolute atomic E-state index is 0.434. The lowest BCUT2D eigenvalue weighted by molar-refractivity contribution is -0.131. The van der Waals surface area contributed by atoms with Crippen LogP contribution in [0.25, 0.3) is 0 Å². The third kappa shape index (κ3) is 6.96. The summed E-state index contributed by atoms with van der Waals surface area (Å²) in [5, 5.41) is 0. The van der Waals surface area contributed by atoms with E-state index in [1.165, 1.54) is 133 Å². The summed E-state index contributed by atoms with van der Waals surface area (Å²) in [7, 11) is -3.21. The Balaban J connectivity index is 1.45. The molecule has 0 aromatic carbocycles. The average Bonchev–Trinajstić information content (AvgIpc) is 3.25. The molecule has 41 heavy (non-hydrogen) atoms. The van der Waals surface area contributed by atoms with Gasteiger partial charge in [0, 0.05) is 6.10 Å². The van der Waals surface area contributed by atoms with E-state index in [1.807, 2.05) is 0 Å². The van der Waals surface area contributed by atoms with Crippen molar-refractivity contribution in [3.63, 3.8) is 0 Å². The van der Waals surface area contributed by atoms with Crippen molar-refractivity contribution in [2.45, 2.75) is 200 Å². The maximum Gasteiger partial charge on any atom is 0.193 e. The van der Waals surface area contributed by atoms with Gasteiger partial charge in [-0.2, -0.15) is 0 Å². The molecule has 4 aliphatic rings. The Kier molecular flexibility index (Phi) is 12.2. The first-order valence-electron chi connectivity index (χ1n) is 19.0. The van der Waals surface area contributed by atoms with E-state index in [0.29, 0.717) is 23.0 Å². The first kappa shape index (κ1) is 34.2. The highest BCUT2D eigenvalue weighted by Gasteiger charge is 2.61. The van der Waals surface area contributed by atoms with Gasteiger partial charge in [-0.15, -0.1) is 0 Å². The topological polar surface area (TPSA) is 18.5 Å². The zero-order valence-corrected chi connectivity index (χ0v) is 31.1. The van der Waals surface area contributed by atoms with E-state index in [-0.39, 0.29) is 0 Å². The molecule has 4 heteroatoms. The van der Waals surface area contributed by atoms with Crippen LogP contribution >= 0.6 is 0 Å². The fraction of sp³-hybridized carbons (Fsp3) is 1.00. The van der Waals surface area contributed by atoms with Crippen LogP contribution < -0.4 is 0 Å². The summed E-state index contributed by atoms with van der Waals surface area (Å²) < 4.78 is 14.9. The van der Waals surface area contributed by atoms with Crippen LogP contribution in [0, 0.1) is 34.5 Å². The summed E-state index contributed by atoms with van der Waals surface area (Å²) in [6.45, 7) is 19.8. The monoisotopic (exact) mass is 605 g/mol. The van der Waals surface area contributed by atoms with Crippen LogP contribution in [-0.4, -0.2) is 28.8 Å². The molecule has 4 saturated carbocycles. The van der Waals surface area contributed by atoms with Crippen molar-refractivity contribution in [1.29, 1.82) is 0 Å². The van der Waals surface area contributed by atoms with Gasteiger partial charge in [0.1, 0.15) is 0 Å². The lowest BCUT2D eigenvalue weighted by Gasteiger charge is -2.61. The number of hydrogen-bond donors (Lipinski definition) is 0. The molecule has 0 radical (unpaired) electrons. The Labute approximate surface area is 259 Å². The minimum atomic E-state index is -1.63. The molecule has 240 valence electrons. The molecule has 0 aromatic heterocycles. The molecule has 0 N–H and O–H groups in total. The van der Waals surface area contributed by atoms with Gasteiger partial charge in [-0.25, -0.2) is 0 Å². The van der Waals surface area contributed by atoms with Gasteiger partial charge in [0.15, 0.2) is 16.6 Å². The highest BCUT2D eigenvalue weighted by Crippen LogP contribution is 2.67. The van der Waals surface area contributed by atoms with Crippen molar-refractivity contribution >= 4 is 16.6 Å². The molecule has 4 fully saturated rings. The Morgan fingerprint density at radius 3 is 1.56 bits per heavy atom. The van der Waals surface area contributed by atoms with Crippen LogP contribution in [0.1, 0.15) is 152 Å². The molecule has 0 amide bonds. The number of hydrogen-bond acceptors (Lipinski definition) is 2. The second-order valence-corrected chi connectivity index (χ2v) is 24.5. The Hall–Kier alpha value is 0.354. The van der Waals surface area contributed by atoms with Crippen LogP contribution in [0.3, 0.4) is 0 Å². The van der Waals surface area contributed by atoms with Crippen molar-refractivity contribution in [1.82, 2.24) is 0 Å². The van der Waals surface area contributed by atoms with Crippen LogP contribution in [0.5, 0.6) is 0 Å². The normalized spacial score (nSPS) is 37.5. The van der Waals surface area contributed by atoms with E-state index in [0.717, 1.165) is 23.7 Å². The molecule has 8 atom stereocenters. The smallest absolute Gasteiger partial charge is 0.193 e. The fourth-order valence-electron chi connectivity index (χ4n) is 12.0. The van der Waals surface area contributed by atoms with Crippen LogP contribution in [0.4, 0.5) is 0 Å². The molecule has 0 heterocycles. The molecule has 0 saturated heterocycles. The number of rotatable bonds is 16. The second-order valence-electron chi connectivity index (χ2n) is 16.3. The summed E-state index contributed by atoms with van der Waals surface area (Å²) in [4.78, 5) is 0. The van der Waals surface area contributed by atoms with Crippen molar-refractivity contribution in [2.24, 2.45) is 34.5 Å². The first-order chi connectivity index (χ1) is 19.7. The zero-order chi connectivity index (χ0) is 29.7. The van der Waals surface area contributed by atoms with Gasteiger partial charge < -0.3 is 8.85 Å². The second kappa shape index (κ2) is 14.6. The molecular weight excluding hydrogens is 533 g/mol. The molecule has 4 aliphatic carbocycles. The van der Waals surface area contributed by atoms with Gasteiger partial charge in [-0.1, -0.05) is 93.9 Å². The third-order valence-electron chi connectivity index (χ3n) is 13.6. The van der Waals surface area contributed by atoms with E-state index in [4.69, 9.17) is 8.85 Å². The fourth-order valence-corrected chi connectivity index (χ4v) is 21.6. The molecule has 4 rings (SSSR count). The van der Waals surface area contributed by atoms with E-state index in [1.54, 1.807) is 0 Å². The zero-order valence-electron chi connectivity index (χ0n) is 29.1. The third-order valence-corrected chi connectivity index (χ3v) is 23.7. The SMILES string of the molecule is CCC[Si](CCC)(CCC)O[C@@H]1CC[C@@]2(C)[C@H](CC[C@@H]3[C@@H]2CC[C@]2(C)[C@@H](O[Si](CCC)(CCC)CCC)CC[C@@H]32)C1. The van der Waals surface area contributed by atoms with Crippen molar-refractivity contribution < 1.29 is 8.85 Å². The largest absolute Gasteiger partial charge is 0.414 e. The summed E-state index contributed by atoms with van der Waals surface area (Å²) in [6.07, 6.45) is 21.8. The average molecular weight is 605 g/mol. The van der Waals surface area contributed by atoms with Crippen molar-refractivity contribution in [3.8, 4) is 0 Å². The predicted molar refractivity (Wildman–Crippen MR) is 184 cm³/mol. The Morgan fingerprint density at radius 2 is 1.02 bits per heavy atom. The summed E-state index contributed by atoms with van der Waals surface area (Å²) in [5.74, 6) is 3.71. The number of fused-ring (bicyclic) bond motifs is 5. The Morgan fingerprint density at radius 1 is 0.537 bits per heavy atom. The molecule has 0 bridgehead atoms. The summed E-state index contributed by atoms with van der Waals surface area (Å²) >= 11 is 0. The van der Waals surface area contributed by atoms with E-state index in [2.05, 4.69) is 55.4 Å². The first-order valence-corrected chi connectivity index (χ1v) is 24.1. The molecule has 2 nitrogen and oxygen atoms in total. The van der Waals surface area contributed by atoms with Crippen molar-refractivity contribution in [3.05, 3.63) is 0 Å². The van der Waals surface area contributed by atoms with Gasteiger partial charge in [0.2, 0.25) is 0 Å². The van der Waals surface area contributed by atoms with Gasteiger partial charge in [0.25, 0.3) is 0 Å². The highest BCUT2D eigenvalue weighted by molar-refractivity contribution is 6.74. The Bertz CT molecular complexity index is 768. The highest BCUT2D eigenvalue weighted by atomic mass is 28.4. The van der Waals surface area contributed by atoms with Crippen LogP contribution in [0.2, 0.25) is 36.3 Å². The molecule has 0 unspecified atom stereocenters. The maximum atomic E-state index is 7.55. The lowest BCUT2D eigenvalue weighted by atomic mass is 9.45. The molecule has 0 aliphatic heterocycles. The summed E-state index contributed by atoms with van der Waals surface area (Å²) in [6, 6.07) is 8.33.